The quantitative estimate of drug-likeness (QED) is 0.851. The van der Waals surface area contributed by atoms with Crippen LogP contribution >= 0.6 is 0 Å². The Bertz CT molecular complexity index is 504. The van der Waals surface area contributed by atoms with Gasteiger partial charge in [-0.25, -0.2) is 8.78 Å². The van der Waals surface area contributed by atoms with Crippen molar-refractivity contribution in [3.63, 3.8) is 0 Å². The number of carbonyl (C=O) groups is 2. The van der Waals surface area contributed by atoms with Crippen LogP contribution in [0.3, 0.4) is 0 Å². The summed E-state index contributed by atoms with van der Waals surface area (Å²) in [5.41, 5.74) is 0.298. The fourth-order valence-electron chi connectivity index (χ4n) is 1.92. The van der Waals surface area contributed by atoms with E-state index in [1.54, 1.807) is 0 Å². The highest BCUT2D eigenvalue weighted by atomic mass is 19.1. The van der Waals surface area contributed by atoms with Crippen LogP contribution < -0.4 is 5.32 Å². The Balaban J connectivity index is 1.98. The van der Waals surface area contributed by atoms with Crippen molar-refractivity contribution in [3.05, 3.63) is 35.4 Å². The lowest BCUT2D eigenvalue weighted by Gasteiger charge is -2.03. The van der Waals surface area contributed by atoms with Crippen LogP contribution in [0.25, 0.3) is 0 Å². The number of carbonyl (C=O) groups excluding carboxylic acids is 1. The van der Waals surface area contributed by atoms with Crippen molar-refractivity contribution in [2.24, 2.45) is 5.92 Å². The Hall–Kier alpha value is -1.98. The fourth-order valence-corrected chi connectivity index (χ4v) is 1.92. The molecule has 0 radical (unpaired) electrons. The Labute approximate surface area is 102 Å². The maximum atomic E-state index is 13.4. The summed E-state index contributed by atoms with van der Waals surface area (Å²) in [5, 5.41) is 10.6. The normalized spacial score (nSPS) is 21.4. The van der Waals surface area contributed by atoms with E-state index in [-0.39, 0.29) is 5.92 Å². The molecule has 1 saturated carbocycles. The van der Waals surface area contributed by atoms with E-state index in [2.05, 4.69) is 5.32 Å². The minimum Gasteiger partial charge on any atom is -0.480 e. The zero-order chi connectivity index (χ0) is 13.3. The largest absolute Gasteiger partial charge is 0.480 e. The van der Waals surface area contributed by atoms with Gasteiger partial charge in [-0.15, -0.1) is 0 Å². The van der Waals surface area contributed by atoms with Crippen LogP contribution in [0.15, 0.2) is 18.2 Å². The summed E-state index contributed by atoms with van der Waals surface area (Å²) in [7, 11) is 0. The number of halogens is 2. The lowest BCUT2D eigenvalue weighted by atomic mass is 10.1. The molecule has 0 aromatic heterocycles. The summed E-state index contributed by atoms with van der Waals surface area (Å²) in [6.45, 7) is -0.450. The average Bonchev–Trinajstić information content (AvgIpc) is 3.05. The molecule has 2 rings (SSSR count). The van der Waals surface area contributed by atoms with E-state index < -0.39 is 36.0 Å². The number of carboxylic acid groups (broad SMARTS) is 1. The maximum Gasteiger partial charge on any atom is 0.322 e. The monoisotopic (exact) mass is 255 g/mol. The number of rotatable bonds is 4. The second-order valence-electron chi connectivity index (χ2n) is 4.23. The van der Waals surface area contributed by atoms with Gasteiger partial charge >= 0.3 is 5.97 Å². The van der Waals surface area contributed by atoms with Crippen molar-refractivity contribution in [1.29, 1.82) is 0 Å². The minimum atomic E-state index is -1.13. The molecule has 6 heteroatoms. The topological polar surface area (TPSA) is 66.4 Å². The molecule has 0 saturated heterocycles. The molecule has 1 aromatic carbocycles. The Morgan fingerprint density at radius 3 is 2.72 bits per heavy atom. The summed E-state index contributed by atoms with van der Waals surface area (Å²) in [6, 6.07) is 3.24. The molecule has 4 nitrogen and oxygen atoms in total. The number of aliphatic carboxylic acids is 1. The van der Waals surface area contributed by atoms with E-state index in [1.807, 2.05) is 0 Å². The van der Waals surface area contributed by atoms with Crippen molar-refractivity contribution < 1.29 is 23.5 Å². The van der Waals surface area contributed by atoms with Crippen molar-refractivity contribution in [2.75, 3.05) is 6.54 Å². The van der Waals surface area contributed by atoms with Crippen LogP contribution in [0.4, 0.5) is 8.78 Å². The lowest BCUT2D eigenvalue weighted by Crippen LogP contribution is -2.30. The van der Waals surface area contributed by atoms with Crippen molar-refractivity contribution >= 4 is 11.9 Å². The van der Waals surface area contributed by atoms with E-state index >= 15 is 0 Å². The van der Waals surface area contributed by atoms with Gasteiger partial charge in [-0.2, -0.15) is 0 Å². The highest BCUT2D eigenvalue weighted by Gasteiger charge is 2.45. The summed E-state index contributed by atoms with van der Waals surface area (Å²) < 4.78 is 26.1. The number of nitrogens with one attached hydrogen (secondary N) is 1. The van der Waals surface area contributed by atoms with E-state index in [0.29, 0.717) is 12.0 Å². The summed E-state index contributed by atoms with van der Waals surface area (Å²) in [5.74, 6) is -3.60. The van der Waals surface area contributed by atoms with Crippen LogP contribution in [-0.4, -0.2) is 23.5 Å². The molecular formula is C12H11F2NO3. The predicted molar refractivity (Wildman–Crippen MR) is 57.9 cm³/mol. The molecule has 0 bridgehead atoms. The van der Waals surface area contributed by atoms with Gasteiger partial charge in [-0.3, -0.25) is 9.59 Å². The van der Waals surface area contributed by atoms with Crippen LogP contribution in [0.5, 0.6) is 0 Å². The summed E-state index contributed by atoms with van der Waals surface area (Å²) in [6.07, 6.45) is 0.452. The molecule has 1 aliphatic rings. The smallest absolute Gasteiger partial charge is 0.322 e. The van der Waals surface area contributed by atoms with E-state index in [9.17, 15) is 18.4 Å². The molecule has 0 heterocycles. The Morgan fingerprint density at radius 2 is 2.11 bits per heavy atom. The van der Waals surface area contributed by atoms with Gasteiger partial charge in [0.15, 0.2) is 0 Å². The lowest BCUT2D eigenvalue weighted by molar-refractivity contribution is -0.138. The second kappa shape index (κ2) is 4.72. The van der Waals surface area contributed by atoms with Crippen LogP contribution in [-0.2, 0) is 9.59 Å². The molecule has 1 aliphatic carbocycles. The van der Waals surface area contributed by atoms with Gasteiger partial charge in [0, 0.05) is 12.0 Å². The second-order valence-corrected chi connectivity index (χ2v) is 4.23. The third-order valence-electron chi connectivity index (χ3n) is 2.90. The first-order valence-electron chi connectivity index (χ1n) is 5.43. The van der Waals surface area contributed by atoms with Gasteiger partial charge in [0.25, 0.3) is 0 Å². The molecule has 0 unspecified atom stereocenters. The molecule has 0 aliphatic heterocycles. The molecule has 1 aromatic rings. The molecular weight excluding hydrogens is 244 g/mol. The zero-order valence-corrected chi connectivity index (χ0v) is 9.32. The highest BCUT2D eigenvalue weighted by molar-refractivity contribution is 5.85. The third-order valence-corrected chi connectivity index (χ3v) is 2.90. The van der Waals surface area contributed by atoms with E-state index in [1.165, 1.54) is 6.07 Å². The standard InChI is InChI=1S/C12H11F2NO3/c13-6-1-2-7(10(14)3-6)8-4-9(8)12(18)15-5-11(16)17/h1-3,8-9H,4-5H2,(H,15,18)(H,16,17)/t8-,9+/m1/s1. The van der Waals surface area contributed by atoms with E-state index in [4.69, 9.17) is 5.11 Å². The van der Waals surface area contributed by atoms with Gasteiger partial charge in [-0.05, 0) is 24.0 Å². The SMILES string of the molecule is O=C(O)CNC(=O)[C@H]1C[C@@H]1c1ccc(F)cc1F. The van der Waals surface area contributed by atoms with Crippen LogP contribution in [0.2, 0.25) is 0 Å². The first-order chi connectivity index (χ1) is 8.49. The number of hydrogen-bond donors (Lipinski definition) is 2. The molecule has 18 heavy (non-hydrogen) atoms. The molecule has 1 amide bonds. The zero-order valence-electron chi connectivity index (χ0n) is 9.32. The number of amides is 1. The number of carboxylic acids is 1. The van der Waals surface area contributed by atoms with Crippen molar-refractivity contribution in [2.45, 2.75) is 12.3 Å². The molecule has 0 spiro atoms. The van der Waals surface area contributed by atoms with Gasteiger partial charge in [0.2, 0.25) is 5.91 Å². The van der Waals surface area contributed by atoms with Gasteiger partial charge < -0.3 is 10.4 Å². The van der Waals surface area contributed by atoms with Gasteiger partial charge in [0.05, 0.1) is 0 Å². The first kappa shape index (κ1) is 12.5. The van der Waals surface area contributed by atoms with Crippen LogP contribution in [0.1, 0.15) is 17.9 Å². The van der Waals surface area contributed by atoms with E-state index in [0.717, 1.165) is 12.1 Å². The molecule has 2 atom stereocenters. The maximum absolute atomic E-state index is 13.4. The number of hydrogen-bond acceptors (Lipinski definition) is 2. The van der Waals surface area contributed by atoms with Crippen LogP contribution in [0, 0.1) is 17.6 Å². The van der Waals surface area contributed by atoms with Gasteiger partial charge in [0.1, 0.15) is 18.2 Å². The van der Waals surface area contributed by atoms with Crippen molar-refractivity contribution in [3.8, 4) is 0 Å². The highest BCUT2D eigenvalue weighted by Crippen LogP contribution is 2.48. The summed E-state index contributed by atoms with van der Waals surface area (Å²) in [4.78, 5) is 21.8. The summed E-state index contributed by atoms with van der Waals surface area (Å²) >= 11 is 0. The predicted octanol–water partition coefficient (Wildman–Crippen LogP) is 1.27. The first-order valence-corrected chi connectivity index (χ1v) is 5.43. The minimum absolute atomic E-state index is 0.292. The molecule has 2 N–H and O–H groups in total. The van der Waals surface area contributed by atoms with Crippen molar-refractivity contribution in [1.82, 2.24) is 5.32 Å². The Kier molecular flexibility index (Phi) is 3.27. The molecule has 1 fully saturated rings. The number of benzene rings is 1. The Morgan fingerprint density at radius 1 is 1.39 bits per heavy atom. The average molecular weight is 255 g/mol. The van der Waals surface area contributed by atoms with Gasteiger partial charge in [-0.1, -0.05) is 6.07 Å². The fraction of sp³-hybridized carbons (Fsp3) is 0.333. The molecule has 96 valence electrons. The third kappa shape index (κ3) is 2.64.